The molecule has 0 spiro atoms. The molecule has 2 aromatic rings. The Morgan fingerprint density at radius 2 is 2.43 bits per heavy atom. The van der Waals surface area contributed by atoms with Gasteiger partial charge in [0.15, 0.2) is 5.52 Å². The molecule has 0 bridgehead atoms. The summed E-state index contributed by atoms with van der Waals surface area (Å²) in [6.07, 6.45) is 1.63. The molecule has 5 nitrogen and oxygen atoms in total. The zero-order chi connectivity index (χ0) is 10.1. The molecule has 2 rings (SSSR count). The van der Waals surface area contributed by atoms with Gasteiger partial charge in [-0.3, -0.25) is 4.68 Å². The SMILES string of the molecule is COCc1cc2cnn(C)c2c(=O)o1. The van der Waals surface area contributed by atoms with Gasteiger partial charge in [-0.2, -0.15) is 5.10 Å². The van der Waals surface area contributed by atoms with Crippen LogP contribution in [0.1, 0.15) is 5.76 Å². The van der Waals surface area contributed by atoms with E-state index in [9.17, 15) is 4.79 Å². The summed E-state index contributed by atoms with van der Waals surface area (Å²) >= 11 is 0. The number of hydrogen-bond acceptors (Lipinski definition) is 4. The van der Waals surface area contributed by atoms with Crippen LogP contribution in [0.2, 0.25) is 0 Å². The van der Waals surface area contributed by atoms with Gasteiger partial charge in [0, 0.05) is 19.5 Å². The molecule has 2 aromatic heterocycles. The van der Waals surface area contributed by atoms with Crippen LogP contribution in [0.25, 0.3) is 10.9 Å². The molecule has 0 aliphatic heterocycles. The van der Waals surface area contributed by atoms with Crippen molar-refractivity contribution in [2.45, 2.75) is 6.61 Å². The highest BCUT2D eigenvalue weighted by molar-refractivity contribution is 5.77. The van der Waals surface area contributed by atoms with Gasteiger partial charge in [-0.05, 0) is 6.07 Å². The first-order valence-electron chi connectivity index (χ1n) is 4.16. The van der Waals surface area contributed by atoms with Gasteiger partial charge in [-0.25, -0.2) is 4.79 Å². The number of hydrogen-bond donors (Lipinski definition) is 0. The average molecular weight is 194 g/mol. The summed E-state index contributed by atoms with van der Waals surface area (Å²) < 4.78 is 11.4. The first kappa shape index (κ1) is 8.96. The van der Waals surface area contributed by atoms with Crippen LogP contribution in [0.15, 0.2) is 21.5 Å². The van der Waals surface area contributed by atoms with Crippen molar-refractivity contribution in [3.05, 3.63) is 28.4 Å². The van der Waals surface area contributed by atoms with Crippen LogP contribution in [0.5, 0.6) is 0 Å². The molecular formula is C9H10N2O3. The van der Waals surface area contributed by atoms with Crippen molar-refractivity contribution >= 4 is 10.9 Å². The van der Waals surface area contributed by atoms with E-state index in [4.69, 9.17) is 9.15 Å². The van der Waals surface area contributed by atoms with Crippen LogP contribution in [-0.2, 0) is 18.4 Å². The van der Waals surface area contributed by atoms with Crippen molar-refractivity contribution in [1.29, 1.82) is 0 Å². The van der Waals surface area contributed by atoms with Gasteiger partial charge >= 0.3 is 5.63 Å². The molecule has 0 aliphatic carbocycles. The molecule has 0 aliphatic rings. The topological polar surface area (TPSA) is 57.3 Å². The summed E-state index contributed by atoms with van der Waals surface area (Å²) in [5, 5.41) is 4.75. The van der Waals surface area contributed by atoms with Crippen molar-refractivity contribution in [2.75, 3.05) is 7.11 Å². The highest BCUT2D eigenvalue weighted by Crippen LogP contribution is 2.10. The Labute approximate surface area is 79.9 Å². The maximum absolute atomic E-state index is 11.5. The smallest absolute Gasteiger partial charge is 0.362 e. The van der Waals surface area contributed by atoms with Gasteiger partial charge in [0.2, 0.25) is 0 Å². The van der Waals surface area contributed by atoms with Crippen LogP contribution >= 0.6 is 0 Å². The number of aryl methyl sites for hydroxylation is 1. The van der Waals surface area contributed by atoms with E-state index in [-0.39, 0.29) is 5.63 Å². The molecular weight excluding hydrogens is 184 g/mol. The fourth-order valence-electron chi connectivity index (χ4n) is 1.39. The predicted molar refractivity (Wildman–Crippen MR) is 50.0 cm³/mol. The second kappa shape index (κ2) is 3.26. The van der Waals surface area contributed by atoms with Crippen LogP contribution in [0.4, 0.5) is 0 Å². The van der Waals surface area contributed by atoms with Gasteiger partial charge in [0.25, 0.3) is 0 Å². The van der Waals surface area contributed by atoms with E-state index in [1.54, 1.807) is 26.4 Å². The third kappa shape index (κ3) is 1.31. The Balaban J connectivity index is 2.68. The number of methoxy groups -OCH3 is 1. The summed E-state index contributed by atoms with van der Waals surface area (Å²) in [7, 11) is 3.25. The van der Waals surface area contributed by atoms with E-state index < -0.39 is 0 Å². The molecule has 0 saturated heterocycles. The molecule has 2 heterocycles. The monoisotopic (exact) mass is 194 g/mol. The van der Waals surface area contributed by atoms with Crippen LogP contribution in [0, 0.1) is 0 Å². The highest BCUT2D eigenvalue weighted by atomic mass is 16.5. The maximum atomic E-state index is 11.5. The zero-order valence-electron chi connectivity index (χ0n) is 7.98. The molecule has 5 heteroatoms. The van der Waals surface area contributed by atoms with Crippen molar-refractivity contribution in [3.63, 3.8) is 0 Å². The van der Waals surface area contributed by atoms with E-state index >= 15 is 0 Å². The van der Waals surface area contributed by atoms with E-state index in [0.29, 0.717) is 17.9 Å². The molecule has 0 atom stereocenters. The van der Waals surface area contributed by atoms with Crippen molar-refractivity contribution in [3.8, 4) is 0 Å². The number of nitrogens with zero attached hydrogens (tertiary/aromatic N) is 2. The average Bonchev–Trinajstić information content (AvgIpc) is 2.48. The molecule has 0 unspecified atom stereocenters. The largest absolute Gasteiger partial charge is 0.424 e. The predicted octanol–water partition coefficient (Wildman–Crippen LogP) is 0.673. The quantitative estimate of drug-likeness (QED) is 0.705. The fourth-order valence-corrected chi connectivity index (χ4v) is 1.39. The van der Waals surface area contributed by atoms with Crippen molar-refractivity contribution in [2.24, 2.45) is 7.05 Å². The maximum Gasteiger partial charge on any atom is 0.362 e. The molecule has 0 aromatic carbocycles. The lowest BCUT2D eigenvalue weighted by molar-refractivity contribution is 0.161. The van der Waals surface area contributed by atoms with Gasteiger partial charge < -0.3 is 9.15 Å². The summed E-state index contributed by atoms with van der Waals surface area (Å²) in [4.78, 5) is 11.5. The molecule has 14 heavy (non-hydrogen) atoms. The fraction of sp³-hybridized carbons (Fsp3) is 0.333. The Morgan fingerprint density at radius 1 is 1.64 bits per heavy atom. The van der Waals surface area contributed by atoms with E-state index in [0.717, 1.165) is 5.39 Å². The minimum Gasteiger partial charge on any atom is -0.424 e. The Bertz CT molecular complexity index is 512. The minimum atomic E-state index is -0.380. The first-order chi connectivity index (χ1) is 6.72. The van der Waals surface area contributed by atoms with Crippen LogP contribution < -0.4 is 5.63 Å². The van der Waals surface area contributed by atoms with Gasteiger partial charge in [-0.15, -0.1) is 0 Å². The lowest BCUT2D eigenvalue weighted by Crippen LogP contribution is -2.06. The standard InChI is InChI=1S/C9H10N2O3/c1-11-8-6(4-10-11)3-7(5-13-2)14-9(8)12/h3-4H,5H2,1-2H3. The van der Waals surface area contributed by atoms with Crippen molar-refractivity contribution < 1.29 is 9.15 Å². The molecule has 0 saturated carbocycles. The number of aromatic nitrogens is 2. The molecule has 0 radical (unpaired) electrons. The normalized spacial score (nSPS) is 11.0. The van der Waals surface area contributed by atoms with E-state index in [1.165, 1.54) is 4.68 Å². The van der Waals surface area contributed by atoms with Crippen molar-refractivity contribution in [1.82, 2.24) is 9.78 Å². The molecule has 0 amide bonds. The second-order valence-corrected chi connectivity index (χ2v) is 3.01. The zero-order valence-corrected chi connectivity index (χ0v) is 7.98. The Hall–Kier alpha value is -1.62. The summed E-state index contributed by atoms with van der Waals surface area (Å²) in [6.45, 7) is 0.292. The Kier molecular flexibility index (Phi) is 2.09. The van der Waals surface area contributed by atoms with Crippen LogP contribution in [0.3, 0.4) is 0 Å². The third-order valence-electron chi connectivity index (χ3n) is 1.99. The summed E-state index contributed by atoms with van der Waals surface area (Å²) in [5.41, 5.74) is 0.0967. The lowest BCUT2D eigenvalue weighted by atomic mass is 10.3. The van der Waals surface area contributed by atoms with Gasteiger partial charge in [-0.1, -0.05) is 0 Å². The second-order valence-electron chi connectivity index (χ2n) is 3.01. The molecule has 0 fully saturated rings. The lowest BCUT2D eigenvalue weighted by Gasteiger charge is -1.98. The number of rotatable bonds is 2. The molecule has 0 N–H and O–H groups in total. The highest BCUT2D eigenvalue weighted by Gasteiger charge is 2.07. The minimum absolute atomic E-state index is 0.292. The summed E-state index contributed by atoms with van der Waals surface area (Å²) in [6, 6.07) is 1.76. The van der Waals surface area contributed by atoms with E-state index in [2.05, 4.69) is 5.10 Å². The number of fused-ring (bicyclic) bond motifs is 1. The van der Waals surface area contributed by atoms with E-state index in [1.807, 2.05) is 0 Å². The first-order valence-corrected chi connectivity index (χ1v) is 4.16. The Morgan fingerprint density at radius 3 is 3.14 bits per heavy atom. The summed E-state index contributed by atoms with van der Waals surface area (Å²) in [5.74, 6) is 0.512. The van der Waals surface area contributed by atoms with Crippen LogP contribution in [-0.4, -0.2) is 16.9 Å². The van der Waals surface area contributed by atoms with Gasteiger partial charge in [0.1, 0.15) is 12.4 Å². The van der Waals surface area contributed by atoms with Gasteiger partial charge in [0.05, 0.1) is 6.20 Å². The molecule has 74 valence electrons. The number of ether oxygens (including phenoxy) is 1. The third-order valence-corrected chi connectivity index (χ3v) is 1.99.